The largest absolute Gasteiger partial charge is 0.476 e. The van der Waals surface area contributed by atoms with Gasteiger partial charge in [-0.25, -0.2) is 4.79 Å². The number of nitrogens with one attached hydrogen (secondary N) is 1. The van der Waals surface area contributed by atoms with E-state index in [-0.39, 0.29) is 16.0 Å². The van der Waals surface area contributed by atoms with Gasteiger partial charge in [-0.3, -0.25) is 10.1 Å². The second-order valence-corrected chi connectivity index (χ2v) is 4.02. The monoisotopic (exact) mass is 249 g/mol. The first-order valence-corrected chi connectivity index (χ1v) is 5.41. The van der Waals surface area contributed by atoms with Gasteiger partial charge >= 0.3 is 5.97 Å². The molecule has 17 heavy (non-hydrogen) atoms. The molecule has 2 N–H and O–H groups in total. The van der Waals surface area contributed by atoms with E-state index in [1.54, 1.807) is 30.3 Å². The van der Waals surface area contributed by atoms with Gasteiger partial charge in [0.2, 0.25) is 10.1 Å². The fourth-order valence-corrected chi connectivity index (χ4v) is 1.70. The van der Waals surface area contributed by atoms with Gasteiger partial charge < -0.3 is 5.11 Å². The van der Waals surface area contributed by atoms with Gasteiger partial charge in [0.25, 0.3) is 5.91 Å². The molecule has 2 rings (SSSR count). The number of amides is 1. The van der Waals surface area contributed by atoms with Crippen molar-refractivity contribution in [2.24, 2.45) is 0 Å². The Balaban J connectivity index is 2.11. The second kappa shape index (κ2) is 4.71. The Morgan fingerprint density at radius 1 is 1.18 bits per heavy atom. The fraction of sp³-hybridized carbons (Fsp3) is 0. The van der Waals surface area contributed by atoms with Gasteiger partial charge in [0.1, 0.15) is 0 Å². The van der Waals surface area contributed by atoms with Crippen molar-refractivity contribution in [1.29, 1.82) is 0 Å². The molecule has 1 aromatic carbocycles. The lowest BCUT2D eigenvalue weighted by Crippen LogP contribution is -2.11. The minimum atomic E-state index is -1.16. The predicted octanol–water partition coefficient (Wildman–Crippen LogP) is 1.49. The highest BCUT2D eigenvalue weighted by Crippen LogP contribution is 2.15. The molecule has 86 valence electrons. The van der Waals surface area contributed by atoms with Crippen molar-refractivity contribution in [3.05, 3.63) is 40.9 Å². The number of anilines is 1. The van der Waals surface area contributed by atoms with Crippen LogP contribution < -0.4 is 5.32 Å². The number of carbonyl (C=O) groups is 2. The van der Waals surface area contributed by atoms with Crippen LogP contribution in [0.5, 0.6) is 0 Å². The molecule has 0 atom stereocenters. The third-order valence-electron chi connectivity index (χ3n) is 1.86. The predicted molar refractivity (Wildman–Crippen MR) is 61.3 cm³/mol. The Morgan fingerprint density at radius 3 is 2.47 bits per heavy atom. The molecule has 0 aliphatic carbocycles. The topological polar surface area (TPSA) is 92.2 Å². The van der Waals surface area contributed by atoms with Crippen LogP contribution in [0.25, 0.3) is 0 Å². The van der Waals surface area contributed by atoms with Crippen LogP contribution in [0.4, 0.5) is 5.13 Å². The SMILES string of the molecule is O=C(Nc1nnc(C(=O)O)s1)c1ccccc1. The summed E-state index contributed by atoms with van der Waals surface area (Å²) in [5.41, 5.74) is 0.472. The maximum atomic E-state index is 11.7. The van der Waals surface area contributed by atoms with Crippen LogP contribution in [-0.2, 0) is 0 Å². The number of hydrogen-bond donors (Lipinski definition) is 2. The maximum Gasteiger partial charge on any atom is 0.367 e. The molecule has 1 heterocycles. The Bertz CT molecular complexity index is 553. The molecule has 0 unspecified atom stereocenters. The molecular formula is C10H7N3O3S. The second-order valence-electron chi connectivity index (χ2n) is 3.04. The molecule has 1 amide bonds. The standard InChI is InChI=1S/C10H7N3O3S/c14-7(6-4-2-1-3-5-6)11-10-13-12-8(17-10)9(15)16/h1-5H,(H,15,16)(H,11,13,14). The Labute approximate surface area is 99.9 Å². The molecule has 2 aromatic rings. The number of carbonyl (C=O) groups excluding carboxylic acids is 1. The van der Waals surface area contributed by atoms with E-state index in [2.05, 4.69) is 15.5 Å². The lowest BCUT2D eigenvalue weighted by atomic mass is 10.2. The maximum absolute atomic E-state index is 11.7. The van der Waals surface area contributed by atoms with E-state index in [4.69, 9.17) is 5.11 Å². The van der Waals surface area contributed by atoms with Gasteiger partial charge in [-0.15, -0.1) is 10.2 Å². The summed E-state index contributed by atoms with van der Waals surface area (Å²) in [5.74, 6) is -1.51. The average Bonchev–Trinajstić information content (AvgIpc) is 2.79. The van der Waals surface area contributed by atoms with E-state index < -0.39 is 5.97 Å². The summed E-state index contributed by atoms with van der Waals surface area (Å²) >= 11 is 0.810. The van der Waals surface area contributed by atoms with Crippen molar-refractivity contribution < 1.29 is 14.7 Å². The van der Waals surface area contributed by atoms with Gasteiger partial charge in [0.15, 0.2) is 0 Å². The van der Waals surface area contributed by atoms with E-state index in [0.29, 0.717) is 5.56 Å². The zero-order valence-electron chi connectivity index (χ0n) is 8.45. The van der Waals surface area contributed by atoms with Crippen LogP contribution in [0.1, 0.15) is 20.2 Å². The van der Waals surface area contributed by atoms with Crippen LogP contribution in [0, 0.1) is 0 Å². The number of nitrogens with zero attached hydrogens (tertiary/aromatic N) is 2. The van der Waals surface area contributed by atoms with Crippen LogP contribution in [0.15, 0.2) is 30.3 Å². The summed E-state index contributed by atoms with van der Waals surface area (Å²) in [5, 5.41) is 18.1. The first-order chi connectivity index (χ1) is 8.16. The van der Waals surface area contributed by atoms with E-state index >= 15 is 0 Å². The van der Waals surface area contributed by atoms with Crippen LogP contribution in [0.2, 0.25) is 0 Å². The number of aromatic nitrogens is 2. The molecule has 0 bridgehead atoms. The zero-order valence-corrected chi connectivity index (χ0v) is 9.27. The number of rotatable bonds is 3. The quantitative estimate of drug-likeness (QED) is 0.859. The average molecular weight is 249 g/mol. The van der Waals surface area contributed by atoms with Crippen molar-refractivity contribution in [2.75, 3.05) is 5.32 Å². The minimum absolute atomic E-state index is 0.159. The highest BCUT2D eigenvalue weighted by molar-refractivity contribution is 7.17. The zero-order chi connectivity index (χ0) is 12.3. The van der Waals surface area contributed by atoms with E-state index in [9.17, 15) is 9.59 Å². The number of carboxylic acid groups (broad SMARTS) is 1. The van der Waals surface area contributed by atoms with Gasteiger partial charge in [-0.05, 0) is 12.1 Å². The number of benzene rings is 1. The number of carboxylic acids is 1. The van der Waals surface area contributed by atoms with Crippen molar-refractivity contribution in [3.8, 4) is 0 Å². The summed E-state index contributed by atoms with van der Waals surface area (Å²) in [6.07, 6.45) is 0. The van der Waals surface area contributed by atoms with Crippen molar-refractivity contribution >= 4 is 28.3 Å². The highest BCUT2D eigenvalue weighted by Gasteiger charge is 2.13. The molecule has 0 aliphatic rings. The van der Waals surface area contributed by atoms with Crippen molar-refractivity contribution in [2.45, 2.75) is 0 Å². The Morgan fingerprint density at radius 2 is 1.88 bits per heavy atom. The Hall–Kier alpha value is -2.28. The lowest BCUT2D eigenvalue weighted by molar-refractivity contribution is 0.0695. The molecule has 0 aliphatic heterocycles. The highest BCUT2D eigenvalue weighted by atomic mass is 32.1. The summed E-state index contributed by atoms with van der Waals surface area (Å²) < 4.78 is 0. The lowest BCUT2D eigenvalue weighted by Gasteiger charge is -1.99. The summed E-state index contributed by atoms with van der Waals surface area (Å²) in [4.78, 5) is 22.2. The molecule has 0 saturated carbocycles. The Kier molecular flexibility index (Phi) is 3.10. The molecular weight excluding hydrogens is 242 g/mol. The normalized spacial score (nSPS) is 9.88. The van der Waals surface area contributed by atoms with Crippen molar-refractivity contribution in [3.63, 3.8) is 0 Å². The fourth-order valence-electron chi connectivity index (χ4n) is 1.12. The van der Waals surface area contributed by atoms with Gasteiger partial charge in [-0.1, -0.05) is 29.5 Å². The molecule has 7 heteroatoms. The minimum Gasteiger partial charge on any atom is -0.476 e. The van der Waals surface area contributed by atoms with E-state index in [1.807, 2.05) is 0 Å². The van der Waals surface area contributed by atoms with Crippen LogP contribution in [0.3, 0.4) is 0 Å². The molecule has 0 radical (unpaired) electrons. The van der Waals surface area contributed by atoms with E-state index in [1.165, 1.54) is 0 Å². The number of aromatic carboxylic acids is 1. The van der Waals surface area contributed by atoms with Crippen molar-refractivity contribution in [1.82, 2.24) is 10.2 Å². The van der Waals surface area contributed by atoms with Crippen LogP contribution in [-0.4, -0.2) is 27.2 Å². The smallest absolute Gasteiger partial charge is 0.367 e. The third-order valence-corrected chi connectivity index (χ3v) is 2.69. The van der Waals surface area contributed by atoms with Gasteiger partial charge in [0, 0.05) is 5.56 Å². The molecule has 1 aromatic heterocycles. The molecule has 6 nitrogen and oxygen atoms in total. The summed E-state index contributed by atoms with van der Waals surface area (Å²) in [7, 11) is 0. The van der Waals surface area contributed by atoms with Gasteiger partial charge in [-0.2, -0.15) is 0 Å². The molecule has 0 spiro atoms. The van der Waals surface area contributed by atoms with E-state index in [0.717, 1.165) is 11.3 Å². The molecule has 0 fully saturated rings. The molecule has 0 saturated heterocycles. The summed E-state index contributed by atoms with van der Waals surface area (Å²) in [6.45, 7) is 0. The number of hydrogen-bond acceptors (Lipinski definition) is 5. The summed E-state index contributed by atoms with van der Waals surface area (Å²) in [6, 6.07) is 8.56. The van der Waals surface area contributed by atoms with Gasteiger partial charge in [0.05, 0.1) is 0 Å². The first-order valence-electron chi connectivity index (χ1n) is 4.60. The first kappa shape index (κ1) is 11.2. The van der Waals surface area contributed by atoms with Crippen LogP contribution >= 0.6 is 11.3 Å². The third kappa shape index (κ3) is 2.64.